The van der Waals surface area contributed by atoms with Crippen LogP contribution in [0.25, 0.3) is 0 Å². The number of nitrogens with two attached hydrogens (primary N) is 1. The predicted molar refractivity (Wildman–Crippen MR) is 144 cm³/mol. The molecule has 0 saturated heterocycles. The molecule has 28 heteroatoms. The van der Waals surface area contributed by atoms with Gasteiger partial charge in [-0.2, -0.15) is 8.42 Å². The highest BCUT2D eigenvalue weighted by atomic mass is 32.2. The molecule has 0 bridgehead atoms. The second-order valence-electron chi connectivity index (χ2n) is 6.14. The first-order chi connectivity index (χ1) is 20.2. The number of benzene rings is 2. The van der Waals surface area contributed by atoms with Gasteiger partial charge in [0.2, 0.25) is 4.90 Å². The third-order valence-electron chi connectivity index (χ3n) is 3.83. The molecule has 2 aromatic rings. The summed E-state index contributed by atoms with van der Waals surface area (Å²) in [4.78, 5) is 55.1. The molecule has 0 amide bonds. The SMILES string of the molecule is CC.CN.CNc1c([N+](=O)[O-])cc([N+](=O)[O-])cc1[N+](=O)[O-].O=S(=O)=O.O=[N+]([O-])c1cc([N+](=O)[O-])c(S(=O)(=O)O)c([N+](=O)[O-])c1.[H+]. The maximum atomic E-state index is 10.9. The first-order valence-corrected chi connectivity index (χ1v) is 12.8. The van der Waals surface area contributed by atoms with Crippen LogP contribution in [0.4, 0.5) is 39.8 Å². The summed E-state index contributed by atoms with van der Waals surface area (Å²) < 4.78 is 56.0. The zero-order valence-electron chi connectivity index (χ0n) is 23.3. The average molecular weight is 678 g/mol. The van der Waals surface area contributed by atoms with Gasteiger partial charge < -0.3 is 11.1 Å². The Kier molecular flexibility index (Phi) is 18.7. The van der Waals surface area contributed by atoms with Crippen LogP contribution in [-0.4, -0.2) is 69.2 Å². The van der Waals surface area contributed by atoms with E-state index in [2.05, 4.69) is 11.1 Å². The van der Waals surface area contributed by atoms with Gasteiger partial charge >= 0.3 is 44.9 Å². The molecule has 0 fully saturated rings. The highest BCUT2D eigenvalue weighted by Gasteiger charge is 2.38. The molecular formula is C16H21N8O18S2+. The van der Waals surface area contributed by atoms with Crippen LogP contribution in [0.15, 0.2) is 29.2 Å². The number of non-ortho nitro benzene ring substituents is 2. The highest BCUT2D eigenvalue weighted by molar-refractivity contribution is 7.86. The molecule has 0 aliphatic heterocycles. The largest absolute Gasteiger partial charge is 1.00 e. The van der Waals surface area contributed by atoms with E-state index in [-0.39, 0.29) is 19.2 Å². The Bertz CT molecular complexity index is 1570. The van der Waals surface area contributed by atoms with E-state index in [1.54, 1.807) is 0 Å². The topological polar surface area (TPSA) is 402 Å². The number of hydrogen-bond acceptors (Lipinski definition) is 19. The van der Waals surface area contributed by atoms with Crippen LogP contribution in [-0.2, 0) is 20.7 Å². The number of nitro benzene ring substituents is 6. The Morgan fingerprint density at radius 1 is 0.659 bits per heavy atom. The van der Waals surface area contributed by atoms with Crippen molar-refractivity contribution in [3.63, 3.8) is 0 Å². The Morgan fingerprint density at radius 2 is 0.886 bits per heavy atom. The zero-order valence-corrected chi connectivity index (χ0v) is 23.9. The molecule has 2 rings (SSSR count). The van der Waals surface area contributed by atoms with E-state index in [9.17, 15) is 69.1 Å². The third-order valence-corrected chi connectivity index (χ3v) is 4.77. The van der Waals surface area contributed by atoms with Gasteiger partial charge in [0.05, 0.1) is 53.8 Å². The molecule has 0 spiro atoms. The van der Waals surface area contributed by atoms with Crippen molar-refractivity contribution in [2.75, 3.05) is 19.4 Å². The van der Waals surface area contributed by atoms with E-state index in [4.69, 9.17) is 17.2 Å². The van der Waals surface area contributed by atoms with Gasteiger partial charge in [0.15, 0.2) is 5.69 Å². The summed E-state index contributed by atoms with van der Waals surface area (Å²) >= 11 is 0. The number of rotatable bonds is 8. The number of hydrogen-bond donors (Lipinski definition) is 3. The van der Waals surface area contributed by atoms with Gasteiger partial charge in [0.25, 0.3) is 11.4 Å². The second kappa shape index (κ2) is 19.3. The molecule has 0 aromatic heterocycles. The smallest absolute Gasteiger partial charge is 0.377 e. The number of nitrogens with zero attached hydrogens (tertiary/aromatic N) is 6. The maximum absolute atomic E-state index is 10.9. The fraction of sp³-hybridized carbons (Fsp3) is 0.250. The van der Waals surface area contributed by atoms with Gasteiger partial charge in [-0.25, -0.2) is 0 Å². The quantitative estimate of drug-likeness (QED) is 0.203. The van der Waals surface area contributed by atoms with Crippen molar-refractivity contribution in [3.8, 4) is 0 Å². The minimum Gasteiger partial charge on any atom is -0.377 e. The van der Waals surface area contributed by atoms with E-state index in [0.717, 1.165) is 0 Å². The summed E-state index contributed by atoms with van der Waals surface area (Å²) in [6, 6.07) is 1.74. The molecule has 44 heavy (non-hydrogen) atoms. The molecule has 0 heterocycles. The van der Waals surface area contributed by atoms with Crippen molar-refractivity contribution < 1.29 is 56.6 Å². The third kappa shape index (κ3) is 13.2. The molecule has 0 aliphatic carbocycles. The van der Waals surface area contributed by atoms with Crippen molar-refractivity contribution in [2.45, 2.75) is 18.7 Å². The highest BCUT2D eigenvalue weighted by Crippen LogP contribution is 2.38. The van der Waals surface area contributed by atoms with E-state index in [1.807, 2.05) is 13.8 Å². The Hall–Kier alpha value is -5.87. The van der Waals surface area contributed by atoms with Crippen molar-refractivity contribution >= 4 is 60.5 Å². The monoisotopic (exact) mass is 677 g/mol. The molecule has 4 N–H and O–H groups in total. The Labute approximate surface area is 246 Å². The molecule has 0 atom stereocenters. The van der Waals surface area contributed by atoms with Crippen molar-refractivity contribution in [1.29, 1.82) is 0 Å². The summed E-state index contributed by atoms with van der Waals surface area (Å²) in [6.07, 6.45) is 0. The van der Waals surface area contributed by atoms with Crippen molar-refractivity contribution in [2.24, 2.45) is 5.73 Å². The van der Waals surface area contributed by atoms with Crippen molar-refractivity contribution in [3.05, 3.63) is 85.0 Å². The molecule has 0 saturated carbocycles. The van der Waals surface area contributed by atoms with E-state index < -0.39 is 89.3 Å². The van der Waals surface area contributed by atoms with Crippen LogP contribution < -0.4 is 11.1 Å². The van der Waals surface area contributed by atoms with Gasteiger partial charge in [-0.05, 0) is 7.05 Å². The lowest BCUT2D eigenvalue weighted by atomic mass is 10.2. The summed E-state index contributed by atoms with van der Waals surface area (Å²) in [6.45, 7) is 4.00. The fourth-order valence-corrected chi connectivity index (χ4v) is 3.27. The molecule has 2 aromatic carbocycles. The van der Waals surface area contributed by atoms with Gasteiger partial charge in [-0.15, -0.1) is 12.6 Å². The lowest BCUT2D eigenvalue weighted by Gasteiger charge is -2.02. The first kappa shape index (κ1) is 42.6. The fourth-order valence-electron chi connectivity index (χ4n) is 2.47. The standard InChI is InChI=1S/C7H6N4O6.C6H3N3O9S.C2H6.CH5N.O3S/c1-8-7-5(10(14)15)2-4(9(12)13)3-6(7)11(16)17;10-7(11)3-1-4(8(12)13)6(19(16,17)18)5(2-3)9(14)15;2*1-2;1-4(2)3/h2-3,8H,1H3;1-2H,(H,16,17,18);1-2H3;2H2,1H3;/p+1. The van der Waals surface area contributed by atoms with Crippen LogP contribution in [0.1, 0.15) is 15.3 Å². The number of nitrogens with one attached hydrogen (secondary N) is 1. The lowest BCUT2D eigenvalue weighted by molar-refractivity contribution is -0.407. The van der Waals surface area contributed by atoms with Crippen LogP contribution in [0.2, 0.25) is 0 Å². The van der Waals surface area contributed by atoms with Crippen LogP contribution >= 0.6 is 0 Å². The van der Waals surface area contributed by atoms with Crippen LogP contribution in [0.5, 0.6) is 0 Å². The van der Waals surface area contributed by atoms with Crippen molar-refractivity contribution in [1.82, 2.24) is 0 Å². The van der Waals surface area contributed by atoms with Gasteiger partial charge in [-0.3, -0.25) is 65.2 Å². The Morgan fingerprint density at radius 3 is 1.05 bits per heavy atom. The zero-order chi connectivity index (χ0) is 35.7. The van der Waals surface area contributed by atoms with Gasteiger partial charge in [0, 0.05) is 7.05 Å². The summed E-state index contributed by atoms with van der Waals surface area (Å²) in [5, 5.41) is 65.7. The minimum absolute atomic E-state index is 0. The molecule has 26 nitrogen and oxygen atoms in total. The number of anilines is 1. The normalized spacial score (nSPS) is 9.32. The first-order valence-electron chi connectivity index (χ1n) is 10.4. The summed E-state index contributed by atoms with van der Waals surface area (Å²) in [7, 11) is -5.66. The summed E-state index contributed by atoms with van der Waals surface area (Å²) in [5.41, 5.74) is -1.97. The van der Waals surface area contributed by atoms with E-state index in [1.165, 1.54) is 14.1 Å². The summed E-state index contributed by atoms with van der Waals surface area (Å²) in [5.74, 6) is 0. The van der Waals surface area contributed by atoms with Crippen LogP contribution in [0, 0.1) is 60.7 Å². The van der Waals surface area contributed by atoms with E-state index in [0.29, 0.717) is 12.1 Å². The van der Waals surface area contributed by atoms with E-state index >= 15 is 0 Å². The average Bonchev–Trinajstić information content (AvgIpc) is 2.92. The second-order valence-corrected chi connectivity index (χ2v) is 7.91. The maximum Gasteiger partial charge on any atom is 1.00 e. The molecular weight excluding hydrogens is 656 g/mol. The van der Waals surface area contributed by atoms with Gasteiger partial charge in [0.1, 0.15) is 0 Å². The Balaban J connectivity index is -0.000000299. The minimum atomic E-state index is -5.30. The lowest BCUT2D eigenvalue weighted by Crippen LogP contribution is -2.08. The van der Waals surface area contributed by atoms with Gasteiger partial charge in [-0.1, -0.05) is 13.8 Å². The molecule has 0 unspecified atom stereocenters. The molecule has 244 valence electrons. The molecule has 0 radical (unpaired) electrons. The van der Waals surface area contributed by atoms with Crippen LogP contribution in [0.3, 0.4) is 0 Å². The number of nitro groups is 6. The molecule has 0 aliphatic rings. The predicted octanol–water partition coefficient (Wildman–Crippen LogP) is 1.82.